The average Bonchev–Trinajstić information content (AvgIpc) is 2.72. The summed E-state index contributed by atoms with van der Waals surface area (Å²) in [5.41, 5.74) is 0. The second-order valence-electron chi connectivity index (χ2n) is 3.23. The Bertz CT molecular complexity index is 556. The molecule has 2 rings (SSSR count). The Morgan fingerprint density at radius 1 is 1.39 bits per heavy atom. The number of hydrogen-bond acceptors (Lipinski definition) is 5. The molecule has 0 spiro atoms. The van der Waals surface area contributed by atoms with Gasteiger partial charge < -0.3 is 9.47 Å². The summed E-state index contributed by atoms with van der Waals surface area (Å²) in [6, 6.07) is 7.24. The maximum Gasteiger partial charge on any atom is 0.281 e. The van der Waals surface area contributed by atoms with Crippen molar-refractivity contribution in [1.29, 1.82) is 0 Å². The third kappa shape index (κ3) is 2.80. The molecule has 0 unspecified atom stereocenters. The van der Waals surface area contributed by atoms with Gasteiger partial charge in [-0.15, -0.1) is 0 Å². The lowest BCUT2D eigenvalue weighted by Crippen LogP contribution is -1.94. The summed E-state index contributed by atoms with van der Waals surface area (Å²) < 4.78 is 11.0. The Morgan fingerprint density at radius 2 is 2.11 bits per heavy atom. The minimum Gasteiger partial charge on any atom is -0.490 e. The van der Waals surface area contributed by atoms with Crippen LogP contribution in [0.3, 0.4) is 0 Å². The summed E-state index contributed by atoms with van der Waals surface area (Å²) in [5, 5.41) is 0.466. The van der Waals surface area contributed by atoms with Gasteiger partial charge in [0.25, 0.3) is 5.19 Å². The van der Waals surface area contributed by atoms with E-state index in [0.717, 1.165) is 11.3 Å². The molecular weight excluding hydrogens is 274 g/mol. The number of para-hydroxylation sites is 2. The van der Waals surface area contributed by atoms with Crippen molar-refractivity contribution in [3.05, 3.63) is 34.3 Å². The lowest BCUT2D eigenvalue weighted by Gasteiger charge is -2.08. The molecule has 0 bridgehead atoms. The van der Waals surface area contributed by atoms with Gasteiger partial charge in [-0.3, -0.25) is 4.79 Å². The van der Waals surface area contributed by atoms with E-state index in [1.165, 1.54) is 0 Å². The molecule has 0 saturated carbocycles. The van der Waals surface area contributed by atoms with E-state index in [-0.39, 0.29) is 5.15 Å². The van der Waals surface area contributed by atoms with Crippen LogP contribution >= 0.6 is 22.9 Å². The Balaban J connectivity index is 2.24. The van der Waals surface area contributed by atoms with Crippen LogP contribution in [-0.4, -0.2) is 17.9 Å². The molecule has 4 nitrogen and oxygen atoms in total. The van der Waals surface area contributed by atoms with Crippen LogP contribution in [0.15, 0.2) is 24.3 Å². The number of carbonyl (C=O) groups is 1. The predicted molar refractivity (Wildman–Crippen MR) is 70.2 cm³/mol. The SMILES string of the molecule is CCOc1ccccc1Oc1nc(Cl)c(C=O)s1. The number of hydrogen-bond donors (Lipinski definition) is 0. The fourth-order valence-corrected chi connectivity index (χ4v) is 2.24. The first-order valence-corrected chi connectivity index (χ1v) is 6.45. The van der Waals surface area contributed by atoms with Gasteiger partial charge >= 0.3 is 0 Å². The minimum atomic E-state index is 0.152. The summed E-state index contributed by atoms with van der Waals surface area (Å²) >= 11 is 6.86. The van der Waals surface area contributed by atoms with Crippen LogP contribution in [0.25, 0.3) is 0 Å². The second kappa shape index (κ2) is 5.84. The number of aldehydes is 1. The highest BCUT2D eigenvalue weighted by molar-refractivity contribution is 7.15. The van der Waals surface area contributed by atoms with Crippen LogP contribution in [0.5, 0.6) is 16.7 Å². The normalized spacial score (nSPS) is 10.1. The van der Waals surface area contributed by atoms with Gasteiger partial charge in [-0.05, 0) is 19.1 Å². The van der Waals surface area contributed by atoms with Crippen molar-refractivity contribution < 1.29 is 14.3 Å². The Kier molecular flexibility index (Phi) is 4.17. The largest absolute Gasteiger partial charge is 0.490 e. The maximum atomic E-state index is 10.7. The Labute approximate surface area is 113 Å². The highest BCUT2D eigenvalue weighted by Gasteiger charge is 2.12. The van der Waals surface area contributed by atoms with Crippen molar-refractivity contribution in [2.24, 2.45) is 0 Å². The van der Waals surface area contributed by atoms with Crippen LogP contribution in [-0.2, 0) is 0 Å². The van der Waals surface area contributed by atoms with Crippen molar-refractivity contribution in [3.63, 3.8) is 0 Å². The molecule has 94 valence electrons. The van der Waals surface area contributed by atoms with Crippen molar-refractivity contribution >= 4 is 29.2 Å². The zero-order chi connectivity index (χ0) is 13.0. The molecule has 18 heavy (non-hydrogen) atoms. The van der Waals surface area contributed by atoms with Crippen molar-refractivity contribution in [3.8, 4) is 16.7 Å². The first kappa shape index (κ1) is 12.9. The molecule has 0 aliphatic heterocycles. The van der Waals surface area contributed by atoms with E-state index < -0.39 is 0 Å². The van der Waals surface area contributed by atoms with Crippen LogP contribution in [0.1, 0.15) is 16.6 Å². The van der Waals surface area contributed by atoms with E-state index in [4.69, 9.17) is 21.1 Å². The third-order valence-electron chi connectivity index (χ3n) is 2.04. The van der Waals surface area contributed by atoms with Crippen LogP contribution < -0.4 is 9.47 Å². The monoisotopic (exact) mass is 283 g/mol. The fourth-order valence-electron chi connectivity index (χ4n) is 1.31. The zero-order valence-electron chi connectivity index (χ0n) is 9.55. The van der Waals surface area contributed by atoms with E-state index in [9.17, 15) is 4.79 Å². The number of carbonyl (C=O) groups excluding carboxylic acids is 1. The lowest BCUT2D eigenvalue weighted by molar-refractivity contribution is 0.112. The van der Waals surface area contributed by atoms with Crippen LogP contribution in [0.2, 0.25) is 5.15 Å². The average molecular weight is 284 g/mol. The zero-order valence-corrected chi connectivity index (χ0v) is 11.1. The molecule has 0 atom stereocenters. The number of aromatic nitrogens is 1. The highest BCUT2D eigenvalue weighted by Crippen LogP contribution is 2.35. The molecule has 6 heteroatoms. The number of halogens is 1. The van der Waals surface area contributed by atoms with Crippen molar-refractivity contribution in [1.82, 2.24) is 4.98 Å². The summed E-state index contributed by atoms with van der Waals surface area (Å²) in [4.78, 5) is 15.0. The summed E-state index contributed by atoms with van der Waals surface area (Å²) in [6.45, 7) is 2.43. The van der Waals surface area contributed by atoms with Crippen LogP contribution in [0, 0.1) is 0 Å². The molecule has 0 fully saturated rings. The molecule has 1 heterocycles. The number of thiazole rings is 1. The number of ether oxygens (including phenoxy) is 2. The molecule has 1 aromatic heterocycles. The fraction of sp³-hybridized carbons (Fsp3) is 0.167. The standard InChI is InChI=1S/C12H10ClNO3S/c1-2-16-8-5-3-4-6-9(8)17-12-14-11(13)10(7-15)18-12/h3-7H,2H2,1H3. The Morgan fingerprint density at radius 3 is 2.72 bits per heavy atom. The van der Waals surface area contributed by atoms with Gasteiger partial charge in [0.05, 0.1) is 6.61 Å². The maximum absolute atomic E-state index is 10.7. The molecule has 0 saturated heterocycles. The molecule has 0 aliphatic rings. The van der Waals surface area contributed by atoms with Gasteiger partial charge in [0.2, 0.25) is 0 Å². The van der Waals surface area contributed by atoms with Gasteiger partial charge in [-0.1, -0.05) is 35.1 Å². The smallest absolute Gasteiger partial charge is 0.281 e. The molecule has 0 N–H and O–H groups in total. The minimum absolute atomic E-state index is 0.152. The number of nitrogens with zero attached hydrogens (tertiary/aromatic N) is 1. The summed E-state index contributed by atoms with van der Waals surface area (Å²) in [6.07, 6.45) is 0.654. The Hall–Kier alpha value is -1.59. The topological polar surface area (TPSA) is 48.4 Å². The van der Waals surface area contributed by atoms with E-state index in [1.54, 1.807) is 12.1 Å². The molecule has 1 aromatic carbocycles. The van der Waals surface area contributed by atoms with E-state index in [0.29, 0.717) is 34.5 Å². The highest BCUT2D eigenvalue weighted by atomic mass is 35.5. The third-order valence-corrected chi connectivity index (χ3v) is 3.30. The van der Waals surface area contributed by atoms with Crippen molar-refractivity contribution in [2.45, 2.75) is 6.92 Å². The molecule has 2 aromatic rings. The summed E-state index contributed by atoms with van der Waals surface area (Å²) in [5.74, 6) is 1.17. The molecule has 0 radical (unpaired) electrons. The van der Waals surface area contributed by atoms with Gasteiger partial charge in [0.15, 0.2) is 22.9 Å². The van der Waals surface area contributed by atoms with Crippen LogP contribution in [0.4, 0.5) is 0 Å². The van der Waals surface area contributed by atoms with E-state index in [2.05, 4.69) is 4.98 Å². The lowest BCUT2D eigenvalue weighted by atomic mass is 10.3. The quantitative estimate of drug-likeness (QED) is 0.783. The van der Waals surface area contributed by atoms with Gasteiger partial charge in [0.1, 0.15) is 4.88 Å². The molecule has 0 aliphatic carbocycles. The number of rotatable bonds is 5. The number of benzene rings is 1. The summed E-state index contributed by atoms with van der Waals surface area (Å²) in [7, 11) is 0. The van der Waals surface area contributed by atoms with E-state index >= 15 is 0 Å². The predicted octanol–water partition coefficient (Wildman–Crippen LogP) is 3.80. The molecule has 0 amide bonds. The van der Waals surface area contributed by atoms with Gasteiger partial charge in [-0.2, -0.15) is 4.98 Å². The van der Waals surface area contributed by atoms with Gasteiger partial charge in [0, 0.05) is 0 Å². The van der Waals surface area contributed by atoms with Crippen molar-refractivity contribution in [2.75, 3.05) is 6.61 Å². The first-order chi connectivity index (χ1) is 8.74. The molecular formula is C12H10ClNO3S. The first-order valence-electron chi connectivity index (χ1n) is 5.25. The van der Waals surface area contributed by atoms with E-state index in [1.807, 2.05) is 19.1 Å². The second-order valence-corrected chi connectivity index (χ2v) is 4.59. The van der Waals surface area contributed by atoms with Gasteiger partial charge in [-0.25, -0.2) is 0 Å².